The lowest BCUT2D eigenvalue weighted by Crippen LogP contribution is -2.50. The van der Waals surface area contributed by atoms with Gasteiger partial charge >= 0.3 is 0 Å². The first-order chi connectivity index (χ1) is 13.0. The third-order valence-corrected chi connectivity index (χ3v) is 5.04. The van der Waals surface area contributed by atoms with Crippen LogP contribution in [0.15, 0.2) is 36.5 Å². The Hall–Kier alpha value is -2.69. The molecule has 0 bridgehead atoms. The van der Waals surface area contributed by atoms with Crippen LogP contribution in [0.3, 0.4) is 0 Å². The predicted octanol–water partition coefficient (Wildman–Crippen LogP) is 3.56. The molecule has 1 saturated heterocycles. The number of piperidine rings is 1. The van der Waals surface area contributed by atoms with Crippen LogP contribution in [0.2, 0.25) is 5.02 Å². The van der Waals surface area contributed by atoms with Crippen molar-refractivity contribution in [1.29, 1.82) is 0 Å². The first-order valence-electron chi connectivity index (χ1n) is 8.68. The molecule has 138 valence electrons. The smallest absolute Gasteiger partial charge is 0.206 e. The van der Waals surface area contributed by atoms with Crippen molar-refractivity contribution in [2.45, 2.75) is 25.2 Å². The number of rotatable bonds is 3. The van der Waals surface area contributed by atoms with Gasteiger partial charge in [0.25, 0.3) is 0 Å². The largest absolute Gasteiger partial charge is 0.340 e. The molecule has 0 amide bonds. The van der Waals surface area contributed by atoms with Gasteiger partial charge < -0.3 is 15.2 Å². The maximum Gasteiger partial charge on any atom is 0.206 e. The second-order valence-electron chi connectivity index (χ2n) is 6.67. The molecule has 2 atom stereocenters. The fourth-order valence-corrected chi connectivity index (χ4v) is 3.52. The summed E-state index contributed by atoms with van der Waals surface area (Å²) in [5.74, 6) is 0.727. The third kappa shape index (κ3) is 3.46. The molecule has 1 fully saturated rings. The number of imidazole rings is 1. The van der Waals surface area contributed by atoms with Crippen molar-refractivity contribution < 1.29 is 4.39 Å². The molecule has 1 aliphatic heterocycles. The number of alkyl halides is 1. The van der Waals surface area contributed by atoms with E-state index in [0.29, 0.717) is 36.8 Å². The van der Waals surface area contributed by atoms with Gasteiger partial charge in [0.1, 0.15) is 6.17 Å². The Labute approximate surface area is 161 Å². The highest BCUT2D eigenvalue weighted by molar-refractivity contribution is 6.31. The van der Waals surface area contributed by atoms with Gasteiger partial charge in [0, 0.05) is 24.3 Å². The van der Waals surface area contributed by atoms with Crippen LogP contribution < -0.4 is 10.6 Å². The normalized spacial score (nSPS) is 20.0. The zero-order chi connectivity index (χ0) is 19.0. The summed E-state index contributed by atoms with van der Waals surface area (Å²) >= 11 is 6.20. The minimum absolute atomic E-state index is 0.378. The SMILES string of the molecule is [C-]#[N+]c1ccc(Cn2c(N3CC[C@@H](F)[C@H](N)C3)nc3ccc(Cl)cc32)nc1. The van der Waals surface area contributed by atoms with E-state index in [2.05, 4.69) is 9.83 Å². The summed E-state index contributed by atoms with van der Waals surface area (Å²) in [5.41, 5.74) is 8.92. The molecule has 6 nitrogen and oxygen atoms in total. The standard InChI is InChI=1S/C19H18ClFN6/c1-23-13-3-4-14(24-9-13)10-27-18-8-12(20)2-5-17(18)25-19(27)26-7-6-15(21)16(22)11-26/h2-5,8-9,15-16H,6-7,10-11,22H2/t15-,16-/m1/s1. The second kappa shape index (κ2) is 7.14. The first-order valence-corrected chi connectivity index (χ1v) is 9.06. The van der Waals surface area contributed by atoms with Crippen LogP contribution in [0.4, 0.5) is 16.0 Å². The molecule has 2 aromatic heterocycles. The molecule has 3 aromatic rings. The van der Waals surface area contributed by atoms with Crippen LogP contribution in [0, 0.1) is 6.57 Å². The molecule has 3 heterocycles. The Morgan fingerprint density at radius 3 is 2.89 bits per heavy atom. The van der Waals surface area contributed by atoms with Crippen molar-refractivity contribution in [3.63, 3.8) is 0 Å². The maximum absolute atomic E-state index is 13.8. The van der Waals surface area contributed by atoms with Crippen molar-refractivity contribution in [2.24, 2.45) is 5.73 Å². The summed E-state index contributed by atoms with van der Waals surface area (Å²) in [6.45, 7) is 8.48. The maximum atomic E-state index is 13.8. The number of nitrogens with two attached hydrogens (primary N) is 1. The topological polar surface area (TPSA) is 64.3 Å². The fourth-order valence-electron chi connectivity index (χ4n) is 3.35. The van der Waals surface area contributed by atoms with Gasteiger partial charge in [-0.2, -0.15) is 0 Å². The number of anilines is 1. The second-order valence-corrected chi connectivity index (χ2v) is 7.10. The number of pyridine rings is 1. The van der Waals surface area contributed by atoms with Crippen LogP contribution in [0.5, 0.6) is 0 Å². The predicted molar refractivity (Wildman–Crippen MR) is 104 cm³/mol. The van der Waals surface area contributed by atoms with Gasteiger partial charge in [-0.3, -0.25) is 4.98 Å². The number of aromatic nitrogens is 3. The molecule has 8 heteroatoms. The molecular formula is C19H18ClFN6. The number of hydrogen-bond acceptors (Lipinski definition) is 4. The van der Waals surface area contributed by atoms with Crippen molar-refractivity contribution in [3.8, 4) is 0 Å². The minimum Gasteiger partial charge on any atom is -0.340 e. The highest BCUT2D eigenvalue weighted by atomic mass is 35.5. The van der Waals surface area contributed by atoms with E-state index >= 15 is 0 Å². The molecule has 1 aromatic carbocycles. The Bertz CT molecular complexity index is 1010. The van der Waals surface area contributed by atoms with E-state index in [9.17, 15) is 4.39 Å². The van der Waals surface area contributed by atoms with Crippen LogP contribution in [-0.2, 0) is 6.54 Å². The van der Waals surface area contributed by atoms with Crippen molar-refractivity contribution >= 4 is 34.3 Å². The monoisotopic (exact) mass is 384 g/mol. The molecular weight excluding hydrogens is 367 g/mol. The van der Waals surface area contributed by atoms with Crippen LogP contribution in [-0.4, -0.2) is 39.8 Å². The van der Waals surface area contributed by atoms with E-state index in [4.69, 9.17) is 28.9 Å². The zero-order valence-electron chi connectivity index (χ0n) is 14.5. The molecule has 2 N–H and O–H groups in total. The van der Waals surface area contributed by atoms with Crippen LogP contribution >= 0.6 is 11.6 Å². The first kappa shape index (κ1) is 17.7. The van der Waals surface area contributed by atoms with Crippen molar-refractivity contribution in [1.82, 2.24) is 14.5 Å². The molecule has 4 rings (SSSR count). The van der Waals surface area contributed by atoms with E-state index in [-0.39, 0.29) is 0 Å². The Balaban J connectivity index is 1.76. The summed E-state index contributed by atoms with van der Waals surface area (Å²) < 4.78 is 15.8. The summed E-state index contributed by atoms with van der Waals surface area (Å²) in [7, 11) is 0. The van der Waals surface area contributed by atoms with Gasteiger partial charge in [-0.1, -0.05) is 17.7 Å². The lowest BCUT2D eigenvalue weighted by atomic mass is 10.1. The number of nitrogens with zero attached hydrogens (tertiary/aromatic N) is 5. The number of hydrogen-bond donors (Lipinski definition) is 1. The average Bonchev–Trinajstić information content (AvgIpc) is 3.02. The number of fused-ring (bicyclic) bond motifs is 1. The molecule has 0 radical (unpaired) electrons. The van der Waals surface area contributed by atoms with Gasteiger partial charge in [0.05, 0.1) is 35.9 Å². The summed E-state index contributed by atoms with van der Waals surface area (Å²) in [6.07, 6.45) is 0.943. The van der Waals surface area contributed by atoms with Gasteiger partial charge in [0.2, 0.25) is 11.6 Å². The van der Waals surface area contributed by atoms with E-state index in [1.165, 1.54) is 0 Å². The average molecular weight is 385 g/mol. The fraction of sp³-hybridized carbons (Fsp3) is 0.316. The van der Waals surface area contributed by atoms with Crippen molar-refractivity contribution in [3.05, 3.63) is 58.7 Å². The quantitative estimate of drug-likeness (QED) is 0.701. The van der Waals surface area contributed by atoms with Crippen LogP contribution in [0.25, 0.3) is 15.9 Å². The number of halogens is 2. The van der Waals surface area contributed by atoms with Gasteiger partial charge in [-0.15, -0.1) is 0 Å². The van der Waals surface area contributed by atoms with E-state index in [0.717, 1.165) is 22.7 Å². The summed E-state index contributed by atoms with van der Waals surface area (Å²) in [5, 5.41) is 0.616. The highest BCUT2D eigenvalue weighted by Gasteiger charge is 2.29. The summed E-state index contributed by atoms with van der Waals surface area (Å²) in [6, 6.07) is 8.57. The zero-order valence-corrected chi connectivity index (χ0v) is 15.3. The Kier molecular flexibility index (Phi) is 4.68. The molecule has 0 saturated carbocycles. The lowest BCUT2D eigenvalue weighted by molar-refractivity contribution is 0.243. The minimum atomic E-state index is -0.989. The molecule has 0 spiro atoms. The molecule has 1 aliphatic rings. The van der Waals surface area contributed by atoms with E-state index < -0.39 is 12.2 Å². The molecule has 27 heavy (non-hydrogen) atoms. The number of benzene rings is 1. The molecule has 0 unspecified atom stereocenters. The Morgan fingerprint density at radius 2 is 2.19 bits per heavy atom. The highest BCUT2D eigenvalue weighted by Crippen LogP contribution is 2.28. The Morgan fingerprint density at radius 1 is 1.33 bits per heavy atom. The van der Waals surface area contributed by atoms with Gasteiger partial charge in [0.15, 0.2) is 0 Å². The van der Waals surface area contributed by atoms with Gasteiger partial charge in [-0.05, 0) is 30.7 Å². The lowest BCUT2D eigenvalue weighted by Gasteiger charge is -2.34. The molecule has 0 aliphatic carbocycles. The van der Waals surface area contributed by atoms with Crippen LogP contribution in [0.1, 0.15) is 12.1 Å². The van der Waals surface area contributed by atoms with E-state index in [1.807, 2.05) is 27.7 Å². The third-order valence-electron chi connectivity index (χ3n) is 4.80. The van der Waals surface area contributed by atoms with Gasteiger partial charge in [-0.25, -0.2) is 14.2 Å². The summed E-state index contributed by atoms with van der Waals surface area (Å²) in [4.78, 5) is 14.5. The van der Waals surface area contributed by atoms with E-state index in [1.54, 1.807) is 18.3 Å². The van der Waals surface area contributed by atoms with Crippen molar-refractivity contribution in [2.75, 3.05) is 18.0 Å².